The largest absolute Gasteiger partial charge is 0.356 e. The summed E-state index contributed by atoms with van der Waals surface area (Å²) >= 11 is 5.38. The van der Waals surface area contributed by atoms with Crippen molar-refractivity contribution in [2.24, 2.45) is 0 Å². The quantitative estimate of drug-likeness (QED) is 0.799. The molecule has 0 aliphatic carbocycles. The van der Waals surface area contributed by atoms with Gasteiger partial charge in [-0.15, -0.1) is 0 Å². The van der Waals surface area contributed by atoms with Crippen molar-refractivity contribution in [3.63, 3.8) is 0 Å². The third-order valence-corrected chi connectivity index (χ3v) is 4.00. The summed E-state index contributed by atoms with van der Waals surface area (Å²) in [6.07, 6.45) is 1.77. The third kappa shape index (κ3) is 5.03. The summed E-state index contributed by atoms with van der Waals surface area (Å²) in [6, 6.07) is 12.8. The molecule has 0 radical (unpaired) electrons. The minimum Gasteiger partial charge on any atom is -0.356 e. The van der Waals surface area contributed by atoms with E-state index in [2.05, 4.69) is 67.6 Å². The van der Waals surface area contributed by atoms with E-state index in [1.54, 1.807) is 6.20 Å². The smallest absolute Gasteiger partial charge is 0.172 e. The second kappa shape index (κ2) is 7.09. The Kier molecular flexibility index (Phi) is 5.37. The first kappa shape index (κ1) is 17.4. The summed E-state index contributed by atoms with van der Waals surface area (Å²) in [4.78, 5) is 4.26. The maximum atomic E-state index is 5.38. The zero-order valence-electron chi connectivity index (χ0n) is 14.5. The van der Waals surface area contributed by atoms with E-state index in [9.17, 15) is 0 Å². The maximum absolute atomic E-state index is 5.38. The SMILES string of the molecule is Cc1ccnc(NC(=S)N[C@H](C)c2ccc(C(C)(C)C)cc2)c1. The number of benzene rings is 1. The molecule has 0 spiro atoms. The van der Waals surface area contributed by atoms with Crippen LogP contribution in [-0.2, 0) is 5.41 Å². The monoisotopic (exact) mass is 327 g/mol. The fourth-order valence-electron chi connectivity index (χ4n) is 2.31. The molecule has 0 amide bonds. The van der Waals surface area contributed by atoms with E-state index in [0.29, 0.717) is 5.11 Å². The Morgan fingerprint density at radius 1 is 1.13 bits per heavy atom. The number of rotatable bonds is 3. The van der Waals surface area contributed by atoms with Crippen LogP contribution in [0.25, 0.3) is 0 Å². The van der Waals surface area contributed by atoms with Gasteiger partial charge in [0.1, 0.15) is 5.82 Å². The lowest BCUT2D eigenvalue weighted by atomic mass is 9.86. The highest BCUT2D eigenvalue weighted by Gasteiger charge is 2.14. The van der Waals surface area contributed by atoms with Gasteiger partial charge in [-0.3, -0.25) is 0 Å². The van der Waals surface area contributed by atoms with Crippen molar-refractivity contribution >= 4 is 23.1 Å². The van der Waals surface area contributed by atoms with Crippen molar-refractivity contribution < 1.29 is 0 Å². The molecule has 0 saturated carbocycles. The molecule has 122 valence electrons. The van der Waals surface area contributed by atoms with Crippen LogP contribution in [0.5, 0.6) is 0 Å². The second-order valence-corrected chi connectivity index (χ2v) is 7.32. The fourth-order valence-corrected chi connectivity index (χ4v) is 2.59. The number of pyridine rings is 1. The lowest BCUT2D eigenvalue weighted by Crippen LogP contribution is -2.31. The molecule has 3 nitrogen and oxygen atoms in total. The predicted molar refractivity (Wildman–Crippen MR) is 102 cm³/mol. The summed E-state index contributed by atoms with van der Waals surface area (Å²) in [7, 11) is 0. The maximum Gasteiger partial charge on any atom is 0.172 e. The molecule has 2 N–H and O–H groups in total. The average Bonchev–Trinajstić information content (AvgIpc) is 2.46. The standard InChI is InChI=1S/C19H25N3S/c1-13-10-11-20-17(12-13)22-18(23)21-14(2)15-6-8-16(9-7-15)19(3,4)5/h6-12,14H,1-5H3,(H2,20,21,22,23)/t14-/m1/s1. The van der Waals surface area contributed by atoms with Crippen molar-refractivity contribution in [1.82, 2.24) is 10.3 Å². The van der Waals surface area contributed by atoms with Gasteiger partial charge < -0.3 is 10.6 Å². The minimum atomic E-state index is 0.133. The number of hydrogen-bond acceptors (Lipinski definition) is 2. The fraction of sp³-hybridized carbons (Fsp3) is 0.368. The number of aryl methyl sites for hydroxylation is 1. The molecule has 0 aliphatic rings. The van der Waals surface area contributed by atoms with Crippen molar-refractivity contribution in [3.8, 4) is 0 Å². The summed E-state index contributed by atoms with van der Waals surface area (Å²) in [6.45, 7) is 10.8. The summed E-state index contributed by atoms with van der Waals surface area (Å²) in [5.41, 5.74) is 3.86. The van der Waals surface area contributed by atoms with E-state index >= 15 is 0 Å². The molecule has 1 atom stereocenters. The second-order valence-electron chi connectivity index (χ2n) is 6.91. The molecule has 4 heteroatoms. The molecule has 0 fully saturated rings. The Morgan fingerprint density at radius 3 is 2.35 bits per heavy atom. The Hall–Kier alpha value is -1.94. The Balaban J connectivity index is 1.98. The van der Waals surface area contributed by atoms with E-state index < -0.39 is 0 Å². The topological polar surface area (TPSA) is 37.0 Å². The highest BCUT2D eigenvalue weighted by Crippen LogP contribution is 2.23. The van der Waals surface area contributed by atoms with E-state index in [4.69, 9.17) is 12.2 Å². The predicted octanol–water partition coefficient (Wildman–Crippen LogP) is 4.74. The molecule has 1 aromatic carbocycles. The molecule has 1 heterocycles. The van der Waals surface area contributed by atoms with Gasteiger partial charge in [0.15, 0.2) is 5.11 Å². The summed E-state index contributed by atoms with van der Waals surface area (Å²) < 4.78 is 0. The molecule has 0 unspecified atom stereocenters. The Morgan fingerprint density at radius 2 is 1.78 bits per heavy atom. The number of anilines is 1. The lowest BCUT2D eigenvalue weighted by Gasteiger charge is -2.21. The normalized spacial score (nSPS) is 12.6. The molecule has 1 aromatic heterocycles. The van der Waals surface area contributed by atoms with Gasteiger partial charge in [0.05, 0.1) is 6.04 Å². The zero-order valence-corrected chi connectivity index (χ0v) is 15.3. The van der Waals surface area contributed by atoms with Crippen LogP contribution in [-0.4, -0.2) is 10.1 Å². The van der Waals surface area contributed by atoms with Crippen molar-refractivity contribution in [1.29, 1.82) is 0 Å². The van der Waals surface area contributed by atoms with Crippen LogP contribution in [0, 0.1) is 6.92 Å². The molecular weight excluding hydrogens is 302 g/mol. The molecular formula is C19H25N3S. The van der Waals surface area contributed by atoms with Crippen LogP contribution in [0.1, 0.15) is 50.4 Å². The van der Waals surface area contributed by atoms with Gasteiger partial charge in [-0.2, -0.15) is 0 Å². The molecule has 0 aliphatic heterocycles. The molecule has 23 heavy (non-hydrogen) atoms. The van der Waals surface area contributed by atoms with Crippen LogP contribution in [0.15, 0.2) is 42.6 Å². The van der Waals surface area contributed by atoms with Crippen LogP contribution in [0.2, 0.25) is 0 Å². The highest BCUT2D eigenvalue weighted by molar-refractivity contribution is 7.80. The molecule has 0 saturated heterocycles. The third-order valence-electron chi connectivity index (χ3n) is 3.78. The molecule has 0 bridgehead atoms. The first-order chi connectivity index (χ1) is 10.8. The van der Waals surface area contributed by atoms with Gasteiger partial charge in [-0.1, -0.05) is 45.0 Å². The Labute approximate surface area is 144 Å². The summed E-state index contributed by atoms with van der Waals surface area (Å²) in [5.74, 6) is 0.762. The van der Waals surface area contributed by atoms with E-state index in [1.807, 2.05) is 19.1 Å². The lowest BCUT2D eigenvalue weighted by molar-refractivity contribution is 0.589. The van der Waals surface area contributed by atoms with Gasteiger partial charge in [-0.05, 0) is 60.3 Å². The van der Waals surface area contributed by atoms with E-state index in [1.165, 1.54) is 11.1 Å². The zero-order chi connectivity index (χ0) is 17.0. The van der Waals surface area contributed by atoms with Gasteiger partial charge in [0.25, 0.3) is 0 Å². The van der Waals surface area contributed by atoms with Crippen molar-refractivity contribution in [3.05, 3.63) is 59.3 Å². The van der Waals surface area contributed by atoms with Crippen LogP contribution in [0.3, 0.4) is 0 Å². The number of thiocarbonyl (C=S) groups is 1. The molecule has 2 rings (SSSR count). The van der Waals surface area contributed by atoms with Crippen LogP contribution in [0.4, 0.5) is 5.82 Å². The number of nitrogens with one attached hydrogen (secondary N) is 2. The van der Waals surface area contributed by atoms with Gasteiger partial charge in [0, 0.05) is 6.20 Å². The molecule has 2 aromatic rings. The number of aromatic nitrogens is 1. The van der Waals surface area contributed by atoms with E-state index in [-0.39, 0.29) is 11.5 Å². The van der Waals surface area contributed by atoms with Gasteiger partial charge in [-0.25, -0.2) is 4.98 Å². The highest BCUT2D eigenvalue weighted by atomic mass is 32.1. The number of hydrogen-bond donors (Lipinski definition) is 2. The Bertz CT molecular complexity index is 672. The van der Waals surface area contributed by atoms with Crippen LogP contribution >= 0.6 is 12.2 Å². The van der Waals surface area contributed by atoms with Gasteiger partial charge >= 0.3 is 0 Å². The van der Waals surface area contributed by atoms with Crippen molar-refractivity contribution in [2.75, 3.05) is 5.32 Å². The van der Waals surface area contributed by atoms with Crippen molar-refractivity contribution in [2.45, 2.75) is 46.1 Å². The average molecular weight is 327 g/mol. The van der Waals surface area contributed by atoms with E-state index in [0.717, 1.165) is 11.4 Å². The number of nitrogens with zero attached hydrogens (tertiary/aromatic N) is 1. The minimum absolute atomic E-state index is 0.133. The summed E-state index contributed by atoms with van der Waals surface area (Å²) in [5, 5.41) is 7.01. The first-order valence-corrected chi connectivity index (χ1v) is 8.27. The van der Waals surface area contributed by atoms with Gasteiger partial charge in [0.2, 0.25) is 0 Å². The first-order valence-electron chi connectivity index (χ1n) is 7.86. The van der Waals surface area contributed by atoms with Crippen LogP contribution < -0.4 is 10.6 Å².